The fourth-order valence-corrected chi connectivity index (χ4v) is 6.05. The summed E-state index contributed by atoms with van der Waals surface area (Å²) in [5.41, 5.74) is 5.80. The van der Waals surface area contributed by atoms with Crippen LogP contribution in [0, 0.1) is 11.8 Å². The van der Waals surface area contributed by atoms with Gasteiger partial charge in [0.1, 0.15) is 5.54 Å². The van der Waals surface area contributed by atoms with Crippen molar-refractivity contribution >= 4 is 40.9 Å². The van der Waals surface area contributed by atoms with Crippen LogP contribution in [0.25, 0.3) is 0 Å². The number of hydrogen-bond donors (Lipinski definition) is 3. The first-order valence-electron chi connectivity index (χ1n) is 11.9. The van der Waals surface area contributed by atoms with Crippen LogP contribution in [0.4, 0.5) is 5.69 Å². The Morgan fingerprint density at radius 3 is 2.54 bits per heavy atom. The number of carbonyl (C=O) groups is 4. The van der Waals surface area contributed by atoms with Gasteiger partial charge in [0, 0.05) is 35.3 Å². The van der Waals surface area contributed by atoms with E-state index in [-0.39, 0.29) is 25.3 Å². The Morgan fingerprint density at radius 1 is 1.08 bits per heavy atom. The largest absolute Gasteiger partial charge is 0.493 e. The van der Waals surface area contributed by atoms with Gasteiger partial charge in [-0.1, -0.05) is 17.7 Å². The number of hydrogen-bond acceptors (Lipinski definition) is 7. The molecule has 4 atom stereocenters. The van der Waals surface area contributed by atoms with Crippen molar-refractivity contribution in [2.24, 2.45) is 17.6 Å². The predicted molar refractivity (Wildman–Crippen MR) is 134 cm³/mol. The third-order valence-electron chi connectivity index (χ3n) is 7.54. The fraction of sp³-hybridized carbons (Fsp3) is 0.385. The molecule has 2 aromatic rings. The van der Waals surface area contributed by atoms with Gasteiger partial charge in [-0.3, -0.25) is 29.4 Å². The number of halogens is 1. The highest BCUT2D eigenvalue weighted by atomic mass is 35.5. The van der Waals surface area contributed by atoms with Crippen LogP contribution in [0.3, 0.4) is 0 Å². The Labute approximate surface area is 218 Å². The number of ether oxygens (including phenoxy) is 2. The highest BCUT2D eigenvalue weighted by molar-refractivity contribution is 6.31. The molecule has 10 nitrogen and oxygen atoms in total. The number of nitrogens with one attached hydrogen (secondary N) is 2. The van der Waals surface area contributed by atoms with Gasteiger partial charge in [0.25, 0.3) is 0 Å². The summed E-state index contributed by atoms with van der Waals surface area (Å²) in [5, 5.41) is 6.49. The molecule has 194 valence electrons. The lowest BCUT2D eigenvalue weighted by Crippen LogP contribution is -2.53. The molecule has 3 heterocycles. The van der Waals surface area contributed by atoms with Gasteiger partial charge in [-0.15, -0.1) is 0 Å². The molecule has 3 aliphatic rings. The van der Waals surface area contributed by atoms with E-state index in [4.69, 9.17) is 26.8 Å². The molecule has 1 spiro atoms. The molecule has 2 fully saturated rings. The number of nitrogens with zero attached hydrogens (tertiary/aromatic N) is 1. The second-order valence-electron chi connectivity index (χ2n) is 9.48. The van der Waals surface area contributed by atoms with Crippen LogP contribution in [-0.4, -0.2) is 55.3 Å². The molecule has 0 radical (unpaired) electrons. The van der Waals surface area contributed by atoms with Gasteiger partial charge in [0.2, 0.25) is 23.6 Å². The summed E-state index contributed by atoms with van der Waals surface area (Å²) in [5.74, 6) is -2.46. The smallest absolute Gasteiger partial charge is 0.250 e. The van der Waals surface area contributed by atoms with Crippen LogP contribution >= 0.6 is 11.6 Å². The molecule has 0 unspecified atom stereocenters. The van der Waals surface area contributed by atoms with E-state index in [9.17, 15) is 19.2 Å². The van der Waals surface area contributed by atoms with E-state index in [0.29, 0.717) is 34.2 Å². The summed E-state index contributed by atoms with van der Waals surface area (Å²) in [6.07, 6.45) is 0.607. The Bertz CT molecular complexity index is 1320. The zero-order valence-electron chi connectivity index (χ0n) is 20.4. The average molecular weight is 527 g/mol. The normalized spacial score (nSPS) is 25.9. The second kappa shape index (κ2) is 9.35. The molecule has 11 heteroatoms. The van der Waals surface area contributed by atoms with Crippen LogP contribution in [0.15, 0.2) is 36.4 Å². The first-order valence-corrected chi connectivity index (χ1v) is 12.3. The first-order chi connectivity index (χ1) is 17.7. The number of fused-ring (bicyclic) bond motifs is 4. The summed E-state index contributed by atoms with van der Waals surface area (Å²) in [7, 11) is 3.08. The topological polar surface area (TPSA) is 140 Å². The van der Waals surface area contributed by atoms with Crippen molar-refractivity contribution in [2.45, 2.75) is 30.8 Å². The number of anilines is 1. The zero-order chi connectivity index (χ0) is 26.5. The number of carbonyl (C=O) groups excluding carboxylic acids is 4. The average Bonchev–Trinajstić information content (AvgIpc) is 3.45. The van der Waals surface area contributed by atoms with Crippen molar-refractivity contribution < 1.29 is 28.7 Å². The van der Waals surface area contributed by atoms with Crippen molar-refractivity contribution in [1.82, 2.24) is 10.2 Å². The van der Waals surface area contributed by atoms with E-state index in [1.54, 1.807) is 37.4 Å². The quantitative estimate of drug-likeness (QED) is 0.444. The Hall–Kier alpha value is -3.63. The number of primary amides is 1. The zero-order valence-corrected chi connectivity index (χ0v) is 21.1. The number of amides is 4. The monoisotopic (exact) mass is 526 g/mol. The summed E-state index contributed by atoms with van der Waals surface area (Å²) >= 11 is 6.26. The SMILES string of the molecule is COc1ccc(CCN2C(=O)[C@@H]3[C@@H](C2=O)[C@@]2(N[C@@H]3CCC(N)=O)C(=O)Nc3ccc(Cl)cc32)cc1OC. The van der Waals surface area contributed by atoms with Gasteiger partial charge in [0.15, 0.2) is 11.5 Å². The minimum absolute atomic E-state index is 0.00804. The molecule has 0 saturated carbocycles. The van der Waals surface area contributed by atoms with Gasteiger partial charge in [-0.2, -0.15) is 0 Å². The number of nitrogens with two attached hydrogens (primary N) is 1. The van der Waals surface area contributed by atoms with E-state index in [2.05, 4.69) is 10.6 Å². The number of methoxy groups -OCH3 is 2. The van der Waals surface area contributed by atoms with Crippen LogP contribution < -0.4 is 25.8 Å². The lowest BCUT2D eigenvalue weighted by molar-refractivity contribution is -0.142. The standard InChI is InChI=1S/C26H27ClN4O6/c1-36-18-7-3-13(11-19(18)37-2)9-10-31-23(33)21-17(6-8-20(28)32)30-26(22(21)24(31)34)15-12-14(27)4-5-16(15)29-25(26)35/h3-5,7,11-12,17,21-22,30H,6,8-10H2,1-2H3,(H2,28,32)(H,29,35)/t17-,21+,22+,26-/m1/s1. The summed E-state index contributed by atoms with van der Waals surface area (Å²) in [4.78, 5) is 53.7. The minimum atomic E-state index is -1.47. The molecular weight excluding hydrogens is 500 g/mol. The molecular formula is C26H27ClN4O6. The molecule has 2 saturated heterocycles. The molecule has 4 N–H and O–H groups in total. The third kappa shape index (κ3) is 3.91. The maximum Gasteiger partial charge on any atom is 0.250 e. The van der Waals surface area contributed by atoms with Crippen LogP contribution in [0.2, 0.25) is 5.02 Å². The molecule has 0 aromatic heterocycles. The summed E-state index contributed by atoms with van der Waals surface area (Å²) < 4.78 is 10.6. The lowest BCUT2D eigenvalue weighted by Gasteiger charge is -2.29. The van der Waals surface area contributed by atoms with E-state index >= 15 is 0 Å². The van der Waals surface area contributed by atoms with Crippen molar-refractivity contribution in [3.63, 3.8) is 0 Å². The number of likely N-dealkylation sites (tertiary alicyclic amines) is 1. The molecule has 37 heavy (non-hydrogen) atoms. The van der Waals surface area contributed by atoms with Crippen molar-refractivity contribution in [3.05, 3.63) is 52.5 Å². The Kier molecular flexibility index (Phi) is 6.33. The molecule has 3 aliphatic heterocycles. The van der Waals surface area contributed by atoms with E-state index in [1.165, 1.54) is 12.0 Å². The fourth-order valence-electron chi connectivity index (χ4n) is 5.88. The molecule has 0 bridgehead atoms. The molecule has 4 amide bonds. The van der Waals surface area contributed by atoms with Crippen molar-refractivity contribution in [2.75, 3.05) is 26.1 Å². The van der Waals surface area contributed by atoms with E-state index in [0.717, 1.165) is 5.56 Å². The van der Waals surface area contributed by atoms with Crippen molar-refractivity contribution in [1.29, 1.82) is 0 Å². The number of imide groups is 1. The van der Waals surface area contributed by atoms with Gasteiger partial charge in [-0.25, -0.2) is 0 Å². The maximum absolute atomic E-state index is 13.8. The van der Waals surface area contributed by atoms with E-state index < -0.39 is 41.1 Å². The van der Waals surface area contributed by atoms with Crippen LogP contribution in [0.1, 0.15) is 24.0 Å². The highest BCUT2D eigenvalue weighted by Crippen LogP contribution is 2.53. The minimum Gasteiger partial charge on any atom is -0.493 e. The molecule has 5 rings (SSSR count). The van der Waals surface area contributed by atoms with Gasteiger partial charge in [-0.05, 0) is 48.7 Å². The number of benzene rings is 2. The Balaban J connectivity index is 1.48. The summed E-state index contributed by atoms with van der Waals surface area (Å²) in [6.45, 7) is 0.128. The second-order valence-corrected chi connectivity index (χ2v) is 9.92. The predicted octanol–water partition coefficient (Wildman–Crippen LogP) is 1.59. The van der Waals surface area contributed by atoms with Crippen molar-refractivity contribution in [3.8, 4) is 11.5 Å². The third-order valence-corrected chi connectivity index (χ3v) is 7.78. The lowest BCUT2D eigenvalue weighted by atomic mass is 9.76. The highest BCUT2D eigenvalue weighted by Gasteiger charge is 2.70. The Morgan fingerprint density at radius 2 is 1.84 bits per heavy atom. The van der Waals surface area contributed by atoms with Gasteiger partial charge >= 0.3 is 0 Å². The van der Waals surface area contributed by atoms with E-state index in [1.807, 2.05) is 6.07 Å². The van der Waals surface area contributed by atoms with Crippen LogP contribution in [0.5, 0.6) is 11.5 Å². The van der Waals surface area contributed by atoms with Gasteiger partial charge < -0.3 is 20.5 Å². The maximum atomic E-state index is 13.8. The number of rotatable bonds is 8. The first kappa shape index (κ1) is 25.0. The van der Waals surface area contributed by atoms with Gasteiger partial charge in [0.05, 0.1) is 26.1 Å². The summed E-state index contributed by atoms with van der Waals surface area (Å²) in [6, 6.07) is 9.76. The molecule has 0 aliphatic carbocycles. The van der Waals surface area contributed by atoms with Crippen LogP contribution in [-0.2, 0) is 31.1 Å². The molecule has 2 aromatic carbocycles.